The number of nitrogens with zero attached hydrogens (tertiary/aromatic N) is 2. The van der Waals surface area contributed by atoms with Crippen LogP contribution in [0.2, 0.25) is 0 Å². The number of aromatic nitrogens is 1. The van der Waals surface area contributed by atoms with E-state index in [-0.39, 0.29) is 18.9 Å². The van der Waals surface area contributed by atoms with Crippen LogP contribution in [0.5, 0.6) is 0 Å². The van der Waals surface area contributed by atoms with E-state index in [1.807, 2.05) is 31.5 Å². The number of aliphatic hydroxyl groups is 1. The molecule has 1 aliphatic heterocycles. The Hall–Kier alpha value is -2.45. The summed E-state index contributed by atoms with van der Waals surface area (Å²) in [6.07, 6.45) is -1.87. The highest BCUT2D eigenvalue weighted by Gasteiger charge is 2.38. The standard InChI is InChI=1S/C18H21N3O4S/c1-10-5-12(16-11(2)20-9-26-16)3-4-13(10)7-19-17(23)15-6-14(22)8-21(15)18(24)25/h3-5,9,14-15,22H,6-8H2,1-2H3,(H,19,23)(H,24,25)/t14-,15+/m1/s1. The SMILES string of the molecule is Cc1cc(-c2scnc2C)ccc1CNC(=O)[C@@H]1C[C@@H](O)CN1C(=O)O. The zero-order chi connectivity index (χ0) is 18.8. The molecule has 8 heteroatoms. The van der Waals surface area contributed by atoms with Crippen LogP contribution in [-0.4, -0.2) is 50.8 Å². The molecule has 3 N–H and O–H groups in total. The topological polar surface area (TPSA) is 103 Å². The Morgan fingerprint density at radius 3 is 2.77 bits per heavy atom. The predicted octanol–water partition coefficient (Wildman–Crippen LogP) is 2.16. The third-order valence-corrected chi connectivity index (χ3v) is 5.61. The first-order valence-corrected chi connectivity index (χ1v) is 9.20. The van der Waals surface area contributed by atoms with Gasteiger partial charge in [-0.3, -0.25) is 9.69 Å². The van der Waals surface area contributed by atoms with Gasteiger partial charge < -0.3 is 15.5 Å². The average molecular weight is 375 g/mol. The molecule has 0 radical (unpaired) electrons. The minimum absolute atomic E-state index is 0.0324. The molecule has 0 bridgehead atoms. The van der Waals surface area contributed by atoms with Gasteiger partial charge in [0, 0.05) is 13.0 Å². The van der Waals surface area contributed by atoms with Crippen molar-refractivity contribution in [1.82, 2.24) is 15.2 Å². The van der Waals surface area contributed by atoms with E-state index in [0.29, 0.717) is 6.54 Å². The van der Waals surface area contributed by atoms with Crippen molar-refractivity contribution >= 4 is 23.3 Å². The first-order valence-electron chi connectivity index (χ1n) is 8.32. The number of rotatable bonds is 4. The van der Waals surface area contributed by atoms with Gasteiger partial charge in [-0.1, -0.05) is 18.2 Å². The molecule has 0 aliphatic carbocycles. The molecule has 138 valence electrons. The van der Waals surface area contributed by atoms with Crippen molar-refractivity contribution in [3.8, 4) is 10.4 Å². The maximum Gasteiger partial charge on any atom is 0.408 e. The van der Waals surface area contributed by atoms with Gasteiger partial charge in [0.25, 0.3) is 0 Å². The maximum absolute atomic E-state index is 12.4. The number of thiazole rings is 1. The fraction of sp³-hybridized carbons (Fsp3) is 0.389. The highest BCUT2D eigenvalue weighted by molar-refractivity contribution is 7.13. The smallest absolute Gasteiger partial charge is 0.408 e. The van der Waals surface area contributed by atoms with Crippen LogP contribution in [0.1, 0.15) is 23.2 Å². The molecule has 2 heterocycles. The summed E-state index contributed by atoms with van der Waals surface area (Å²) < 4.78 is 0. The summed E-state index contributed by atoms with van der Waals surface area (Å²) >= 11 is 1.59. The van der Waals surface area contributed by atoms with Crippen molar-refractivity contribution in [2.45, 2.75) is 39.0 Å². The summed E-state index contributed by atoms with van der Waals surface area (Å²) in [6, 6.07) is 5.17. The lowest BCUT2D eigenvalue weighted by atomic mass is 10.0. The number of likely N-dealkylation sites (tertiary alicyclic amines) is 1. The number of nitrogens with one attached hydrogen (secondary N) is 1. The van der Waals surface area contributed by atoms with Crippen molar-refractivity contribution < 1.29 is 19.8 Å². The molecule has 0 spiro atoms. The fourth-order valence-corrected chi connectivity index (χ4v) is 3.99. The van der Waals surface area contributed by atoms with E-state index in [0.717, 1.165) is 32.2 Å². The van der Waals surface area contributed by atoms with E-state index >= 15 is 0 Å². The monoisotopic (exact) mass is 375 g/mol. The minimum atomic E-state index is -1.19. The maximum atomic E-state index is 12.4. The van der Waals surface area contributed by atoms with Crippen LogP contribution in [0.4, 0.5) is 4.79 Å². The van der Waals surface area contributed by atoms with Crippen molar-refractivity contribution in [2.24, 2.45) is 0 Å². The van der Waals surface area contributed by atoms with Crippen LogP contribution in [0.3, 0.4) is 0 Å². The quantitative estimate of drug-likeness (QED) is 0.760. The molecule has 1 aromatic heterocycles. The van der Waals surface area contributed by atoms with Crippen molar-refractivity contribution in [3.05, 3.63) is 40.5 Å². The Morgan fingerprint density at radius 2 is 2.15 bits per heavy atom. The van der Waals surface area contributed by atoms with Crippen LogP contribution in [0.15, 0.2) is 23.7 Å². The van der Waals surface area contributed by atoms with Gasteiger partial charge in [0.15, 0.2) is 0 Å². The molecule has 1 aliphatic rings. The van der Waals surface area contributed by atoms with E-state index in [4.69, 9.17) is 5.11 Å². The summed E-state index contributed by atoms with van der Waals surface area (Å²) in [7, 11) is 0. The highest BCUT2D eigenvalue weighted by Crippen LogP contribution is 2.28. The molecule has 0 unspecified atom stereocenters. The molecule has 2 atom stereocenters. The number of carbonyl (C=O) groups excluding carboxylic acids is 1. The number of β-amino-alcohol motifs (C(OH)–C–C–N with tert-alkyl or cyclic N) is 1. The third-order valence-electron chi connectivity index (χ3n) is 4.63. The second-order valence-electron chi connectivity index (χ2n) is 6.47. The van der Waals surface area contributed by atoms with Gasteiger partial charge in [0.1, 0.15) is 6.04 Å². The number of aryl methyl sites for hydroxylation is 2. The number of hydrogen-bond acceptors (Lipinski definition) is 5. The van der Waals surface area contributed by atoms with Crippen LogP contribution in [-0.2, 0) is 11.3 Å². The molecule has 26 heavy (non-hydrogen) atoms. The van der Waals surface area contributed by atoms with E-state index in [1.54, 1.807) is 11.3 Å². The second-order valence-corrected chi connectivity index (χ2v) is 7.32. The largest absolute Gasteiger partial charge is 0.465 e. The number of benzene rings is 1. The first kappa shape index (κ1) is 18.3. The van der Waals surface area contributed by atoms with E-state index in [1.165, 1.54) is 0 Å². The number of aliphatic hydroxyl groups excluding tert-OH is 1. The molecule has 1 aromatic carbocycles. The lowest BCUT2D eigenvalue weighted by molar-refractivity contribution is -0.125. The van der Waals surface area contributed by atoms with Gasteiger partial charge in [0.05, 0.1) is 28.7 Å². The minimum Gasteiger partial charge on any atom is -0.465 e. The molecule has 3 rings (SSSR count). The third kappa shape index (κ3) is 3.71. The van der Waals surface area contributed by atoms with Crippen molar-refractivity contribution in [2.75, 3.05) is 6.54 Å². The Labute approximate surface area is 155 Å². The van der Waals surface area contributed by atoms with Gasteiger partial charge in [-0.2, -0.15) is 0 Å². The molecular weight excluding hydrogens is 354 g/mol. The Morgan fingerprint density at radius 1 is 1.38 bits per heavy atom. The van der Waals surface area contributed by atoms with Crippen LogP contribution >= 0.6 is 11.3 Å². The average Bonchev–Trinajstić information content (AvgIpc) is 3.19. The fourth-order valence-electron chi connectivity index (χ4n) is 3.19. The van der Waals surface area contributed by atoms with Gasteiger partial charge in [-0.05, 0) is 30.5 Å². The molecule has 1 fully saturated rings. The van der Waals surface area contributed by atoms with Crippen LogP contribution in [0.25, 0.3) is 10.4 Å². The zero-order valence-corrected chi connectivity index (χ0v) is 15.4. The van der Waals surface area contributed by atoms with Gasteiger partial charge >= 0.3 is 6.09 Å². The second kappa shape index (κ2) is 7.43. The summed E-state index contributed by atoms with van der Waals surface area (Å²) in [5.41, 5.74) is 5.90. The highest BCUT2D eigenvalue weighted by atomic mass is 32.1. The number of carbonyl (C=O) groups is 2. The van der Waals surface area contributed by atoms with E-state index < -0.39 is 18.2 Å². The Balaban J connectivity index is 1.67. The molecule has 2 amide bonds. The normalized spacial score (nSPS) is 19.6. The van der Waals surface area contributed by atoms with Gasteiger partial charge in [-0.15, -0.1) is 11.3 Å². The summed E-state index contributed by atoms with van der Waals surface area (Å²) in [6.45, 7) is 4.23. The molecule has 1 saturated heterocycles. The number of amides is 2. The van der Waals surface area contributed by atoms with E-state index in [9.17, 15) is 14.7 Å². The summed E-state index contributed by atoms with van der Waals surface area (Å²) in [5, 5.41) is 21.6. The summed E-state index contributed by atoms with van der Waals surface area (Å²) in [5.74, 6) is -0.384. The summed E-state index contributed by atoms with van der Waals surface area (Å²) in [4.78, 5) is 29.9. The predicted molar refractivity (Wildman–Crippen MR) is 98.0 cm³/mol. The Kier molecular flexibility index (Phi) is 5.24. The van der Waals surface area contributed by atoms with Crippen molar-refractivity contribution in [1.29, 1.82) is 0 Å². The zero-order valence-electron chi connectivity index (χ0n) is 14.6. The molecule has 0 saturated carbocycles. The molecular formula is C18H21N3O4S. The number of hydrogen-bond donors (Lipinski definition) is 3. The van der Waals surface area contributed by atoms with Crippen LogP contribution in [0, 0.1) is 13.8 Å². The van der Waals surface area contributed by atoms with Crippen LogP contribution < -0.4 is 5.32 Å². The first-order chi connectivity index (χ1) is 12.4. The van der Waals surface area contributed by atoms with Gasteiger partial charge in [-0.25, -0.2) is 9.78 Å². The lowest BCUT2D eigenvalue weighted by Crippen LogP contribution is -2.45. The van der Waals surface area contributed by atoms with Crippen molar-refractivity contribution in [3.63, 3.8) is 0 Å². The molecule has 2 aromatic rings. The number of carboxylic acid groups (broad SMARTS) is 1. The van der Waals surface area contributed by atoms with E-state index in [2.05, 4.69) is 16.4 Å². The molecule has 7 nitrogen and oxygen atoms in total. The Bertz CT molecular complexity index is 836. The van der Waals surface area contributed by atoms with Gasteiger partial charge in [0.2, 0.25) is 5.91 Å². The lowest BCUT2D eigenvalue weighted by Gasteiger charge is -2.20.